The van der Waals surface area contributed by atoms with Crippen LogP contribution in [0.15, 0.2) is 72.8 Å². The summed E-state index contributed by atoms with van der Waals surface area (Å²) < 4.78 is 0. The maximum absolute atomic E-state index is 12.5. The van der Waals surface area contributed by atoms with Crippen LogP contribution in [0, 0.1) is 6.92 Å². The Morgan fingerprint density at radius 2 is 1.68 bits per heavy atom. The smallest absolute Gasteiger partial charge is 0.255 e. The van der Waals surface area contributed by atoms with Crippen LogP contribution in [0.25, 0.3) is 0 Å². The third-order valence-corrected chi connectivity index (χ3v) is 4.22. The van der Waals surface area contributed by atoms with E-state index in [0.717, 1.165) is 11.1 Å². The number of anilines is 1. The summed E-state index contributed by atoms with van der Waals surface area (Å²) in [5.74, 6) is -0.233. The zero-order valence-electron chi connectivity index (χ0n) is 13.7. The first-order chi connectivity index (χ1) is 12.0. The van der Waals surface area contributed by atoms with Crippen molar-refractivity contribution in [1.82, 2.24) is 0 Å². The molecule has 0 unspecified atom stereocenters. The van der Waals surface area contributed by atoms with E-state index in [2.05, 4.69) is 5.32 Å². The maximum atomic E-state index is 12.5. The third kappa shape index (κ3) is 4.08. The van der Waals surface area contributed by atoms with Crippen LogP contribution in [0.4, 0.5) is 5.69 Å². The van der Waals surface area contributed by atoms with Gasteiger partial charge in [-0.15, -0.1) is 0 Å². The van der Waals surface area contributed by atoms with E-state index < -0.39 is 6.10 Å². The fourth-order valence-electron chi connectivity index (χ4n) is 2.59. The van der Waals surface area contributed by atoms with Crippen molar-refractivity contribution in [3.05, 3.63) is 100 Å². The van der Waals surface area contributed by atoms with E-state index in [0.29, 0.717) is 21.8 Å². The van der Waals surface area contributed by atoms with Crippen molar-refractivity contribution >= 4 is 23.2 Å². The molecule has 0 saturated heterocycles. The summed E-state index contributed by atoms with van der Waals surface area (Å²) in [6.07, 6.45) is -0.881. The molecule has 4 heteroatoms. The van der Waals surface area contributed by atoms with Gasteiger partial charge >= 0.3 is 0 Å². The number of carbonyl (C=O) groups is 1. The minimum atomic E-state index is -0.881. The monoisotopic (exact) mass is 351 g/mol. The van der Waals surface area contributed by atoms with Gasteiger partial charge in [0, 0.05) is 21.8 Å². The first-order valence-electron chi connectivity index (χ1n) is 7.95. The van der Waals surface area contributed by atoms with Gasteiger partial charge in [-0.1, -0.05) is 59.6 Å². The van der Waals surface area contributed by atoms with Gasteiger partial charge in [0.2, 0.25) is 0 Å². The topological polar surface area (TPSA) is 49.3 Å². The molecule has 0 fully saturated rings. The van der Waals surface area contributed by atoms with Gasteiger partial charge in [0.05, 0.1) is 0 Å². The Labute approximate surface area is 151 Å². The number of halogens is 1. The first kappa shape index (κ1) is 17.2. The molecule has 0 aliphatic rings. The van der Waals surface area contributed by atoms with Crippen molar-refractivity contribution < 1.29 is 9.90 Å². The number of hydrogen-bond donors (Lipinski definition) is 2. The largest absolute Gasteiger partial charge is 0.384 e. The molecule has 0 spiro atoms. The van der Waals surface area contributed by atoms with Crippen molar-refractivity contribution in [3.8, 4) is 0 Å². The lowest BCUT2D eigenvalue weighted by Gasteiger charge is -2.17. The molecule has 3 aromatic carbocycles. The van der Waals surface area contributed by atoms with E-state index in [1.54, 1.807) is 30.3 Å². The second-order valence-electron chi connectivity index (χ2n) is 5.86. The molecule has 0 aromatic heterocycles. The zero-order chi connectivity index (χ0) is 17.8. The molecule has 0 saturated carbocycles. The minimum Gasteiger partial charge on any atom is -0.384 e. The molecule has 2 N–H and O–H groups in total. The number of carbonyl (C=O) groups excluding carboxylic acids is 1. The Bertz CT molecular complexity index is 876. The van der Waals surface area contributed by atoms with Crippen molar-refractivity contribution in [3.63, 3.8) is 0 Å². The molecule has 3 rings (SSSR count). The average Bonchev–Trinajstić information content (AvgIpc) is 2.64. The number of aliphatic hydroxyl groups excluding tert-OH is 1. The average molecular weight is 352 g/mol. The highest BCUT2D eigenvalue weighted by Crippen LogP contribution is 2.31. The van der Waals surface area contributed by atoms with Crippen LogP contribution >= 0.6 is 11.6 Å². The van der Waals surface area contributed by atoms with Gasteiger partial charge in [0.25, 0.3) is 5.91 Å². The lowest BCUT2D eigenvalue weighted by molar-refractivity contribution is 0.102. The van der Waals surface area contributed by atoms with E-state index in [-0.39, 0.29) is 5.91 Å². The van der Waals surface area contributed by atoms with Crippen molar-refractivity contribution in [2.75, 3.05) is 5.32 Å². The molecule has 3 aromatic rings. The van der Waals surface area contributed by atoms with Crippen LogP contribution < -0.4 is 5.32 Å². The minimum absolute atomic E-state index is 0.233. The standard InChI is InChI=1S/C21H18ClNO2/c1-14-7-9-16(10-8-14)21(25)23-19-12-11-17(22)13-18(19)20(24)15-5-3-2-4-6-15/h2-13,20,24H,1H3,(H,23,25)/t20-/m0/s1. The molecule has 25 heavy (non-hydrogen) atoms. The molecule has 1 amide bonds. The summed E-state index contributed by atoms with van der Waals surface area (Å²) in [4.78, 5) is 12.5. The Morgan fingerprint density at radius 3 is 2.36 bits per heavy atom. The first-order valence-corrected chi connectivity index (χ1v) is 8.33. The van der Waals surface area contributed by atoms with E-state index in [9.17, 15) is 9.90 Å². The number of aryl methyl sites for hydroxylation is 1. The Morgan fingerprint density at radius 1 is 1.00 bits per heavy atom. The number of aliphatic hydroxyl groups is 1. The van der Waals surface area contributed by atoms with Crippen LogP contribution in [-0.4, -0.2) is 11.0 Å². The fraction of sp³-hybridized carbons (Fsp3) is 0.0952. The second-order valence-corrected chi connectivity index (χ2v) is 6.30. The van der Waals surface area contributed by atoms with Crippen molar-refractivity contribution in [2.24, 2.45) is 0 Å². The van der Waals surface area contributed by atoms with Gasteiger partial charge in [0.1, 0.15) is 6.10 Å². The number of rotatable bonds is 4. The molecular formula is C21H18ClNO2. The number of nitrogens with one attached hydrogen (secondary N) is 1. The van der Waals surface area contributed by atoms with E-state index >= 15 is 0 Å². The van der Waals surface area contributed by atoms with E-state index in [4.69, 9.17) is 11.6 Å². The van der Waals surface area contributed by atoms with Gasteiger partial charge in [-0.05, 0) is 42.8 Å². The van der Waals surface area contributed by atoms with Gasteiger partial charge in [-0.2, -0.15) is 0 Å². The molecule has 0 heterocycles. The summed E-state index contributed by atoms with van der Waals surface area (Å²) in [7, 11) is 0. The van der Waals surface area contributed by atoms with E-state index in [1.165, 1.54) is 0 Å². The van der Waals surface area contributed by atoms with Crippen LogP contribution in [0.5, 0.6) is 0 Å². The number of benzene rings is 3. The highest BCUT2D eigenvalue weighted by atomic mass is 35.5. The van der Waals surface area contributed by atoms with Gasteiger partial charge in [-0.3, -0.25) is 4.79 Å². The Hall–Kier alpha value is -2.62. The van der Waals surface area contributed by atoms with Gasteiger partial charge < -0.3 is 10.4 Å². The molecule has 0 bridgehead atoms. The molecule has 126 valence electrons. The third-order valence-electron chi connectivity index (χ3n) is 3.99. The highest BCUT2D eigenvalue weighted by Gasteiger charge is 2.17. The maximum Gasteiger partial charge on any atom is 0.255 e. The van der Waals surface area contributed by atoms with Crippen LogP contribution in [0.1, 0.15) is 33.2 Å². The summed E-state index contributed by atoms with van der Waals surface area (Å²) in [6.45, 7) is 1.97. The zero-order valence-corrected chi connectivity index (χ0v) is 14.5. The molecule has 0 radical (unpaired) electrons. The summed E-state index contributed by atoms with van der Waals surface area (Å²) in [5, 5.41) is 14.1. The second kappa shape index (κ2) is 7.51. The Balaban J connectivity index is 1.91. The molecule has 3 nitrogen and oxygen atoms in total. The quantitative estimate of drug-likeness (QED) is 0.696. The lowest BCUT2D eigenvalue weighted by atomic mass is 9.99. The summed E-state index contributed by atoms with van der Waals surface area (Å²) in [6, 6.07) is 21.6. The Kier molecular flexibility index (Phi) is 5.17. The van der Waals surface area contributed by atoms with Gasteiger partial charge in [0.15, 0.2) is 0 Å². The molecule has 1 atom stereocenters. The number of amides is 1. The predicted octanol–water partition coefficient (Wildman–Crippen LogP) is 4.98. The SMILES string of the molecule is Cc1ccc(C(=O)Nc2ccc(Cl)cc2[C@@H](O)c2ccccc2)cc1. The van der Waals surface area contributed by atoms with Crippen LogP contribution in [-0.2, 0) is 0 Å². The van der Waals surface area contributed by atoms with Gasteiger partial charge in [-0.25, -0.2) is 0 Å². The molecular weight excluding hydrogens is 334 g/mol. The van der Waals surface area contributed by atoms with E-state index in [1.807, 2.05) is 49.4 Å². The van der Waals surface area contributed by atoms with Crippen LogP contribution in [0.2, 0.25) is 5.02 Å². The van der Waals surface area contributed by atoms with Crippen molar-refractivity contribution in [1.29, 1.82) is 0 Å². The highest BCUT2D eigenvalue weighted by molar-refractivity contribution is 6.30. The number of hydrogen-bond acceptors (Lipinski definition) is 2. The molecule has 0 aliphatic heterocycles. The fourth-order valence-corrected chi connectivity index (χ4v) is 2.77. The predicted molar refractivity (Wildman–Crippen MR) is 101 cm³/mol. The molecule has 0 aliphatic carbocycles. The lowest BCUT2D eigenvalue weighted by Crippen LogP contribution is -2.14. The van der Waals surface area contributed by atoms with Crippen LogP contribution in [0.3, 0.4) is 0 Å². The van der Waals surface area contributed by atoms with Crippen molar-refractivity contribution in [2.45, 2.75) is 13.0 Å². The summed E-state index contributed by atoms with van der Waals surface area (Å²) in [5.41, 5.74) is 3.46. The summed E-state index contributed by atoms with van der Waals surface area (Å²) >= 11 is 6.10. The normalized spacial score (nSPS) is 11.8.